The van der Waals surface area contributed by atoms with Gasteiger partial charge in [0.1, 0.15) is 17.6 Å². The maximum atomic E-state index is 13.3. The number of carbonyl (C=O) groups is 1. The SMILES string of the molecule is CC(C(=O)N1CCCC1)(c1ccc(F)cc1)n1cnc([N+](=O)[O-])c1. The van der Waals surface area contributed by atoms with Crippen molar-refractivity contribution in [3.63, 3.8) is 0 Å². The van der Waals surface area contributed by atoms with Crippen molar-refractivity contribution < 1.29 is 14.1 Å². The predicted molar refractivity (Wildman–Crippen MR) is 83.8 cm³/mol. The van der Waals surface area contributed by atoms with Crippen LogP contribution in [0.4, 0.5) is 10.2 Å². The van der Waals surface area contributed by atoms with Crippen LogP contribution >= 0.6 is 0 Å². The topological polar surface area (TPSA) is 81.3 Å². The van der Waals surface area contributed by atoms with Gasteiger partial charge in [0.25, 0.3) is 5.91 Å². The highest BCUT2D eigenvalue weighted by Crippen LogP contribution is 2.31. The summed E-state index contributed by atoms with van der Waals surface area (Å²) in [5, 5.41) is 10.9. The van der Waals surface area contributed by atoms with Crippen LogP contribution in [0.3, 0.4) is 0 Å². The van der Waals surface area contributed by atoms with Gasteiger partial charge in [0.05, 0.1) is 0 Å². The van der Waals surface area contributed by atoms with Crippen LogP contribution < -0.4 is 0 Å². The van der Waals surface area contributed by atoms with Gasteiger partial charge in [0.2, 0.25) is 6.33 Å². The largest absolute Gasteiger partial charge is 0.381 e. The maximum Gasteiger partial charge on any atom is 0.381 e. The van der Waals surface area contributed by atoms with E-state index in [4.69, 9.17) is 0 Å². The molecule has 24 heavy (non-hydrogen) atoms. The number of hydrogen-bond acceptors (Lipinski definition) is 4. The number of rotatable bonds is 4. The lowest BCUT2D eigenvalue weighted by molar-refractivity contribution is -0.389. The fourth-order valence-corrected chi connectivity index (χ4v) is 3.04. The molecule has 1 aliphatic rings. The molecular formula is C16H17FN4O3. The molecule has 1 aliphatic heterocycles. The zero-order valence-electron chi connectivity index (χ0n) is 13.2. The average Bonchev–Trinajstić information content (AvgIpc) is 3.25. The Hall–Kier alpha value is -2.77. The zero-order chi connectivity index (χ0) is 17.3. The van der Waals surface area contributed by atoms with Crippen molar-refractivity contribution in [3.8, 4) is 0 Å². The smallest absolute Gasteiger partial charge is 0.358 e. The van der Waals surface area contributed by atoms with Gasteiger partial charge in [-0.1, -0.05) is 12.1 Å². The lowest BCUT2D eigenvalue weighted by Crippen LogP contribution is -2.48. The van der Waals surface area contributed by atoms with E-state index in [1.54, 1.807) is 11.8 Å². The van der Waals surface area contributed by atoms with E-state index in [1.165, 1.54) is 41.4 Å². The quantitative estimate of drug-likeness (QED) is 0.635. The normalized spacial score (nSPS) is 16.8. The first-order valence-corrected chi connectivity index (χ1v) is 7.67. The van der Waals surface area contributed by atoms with Crippen molar-refractivity contribution in [2.75, 3.05) is 13.1 Å². The van der Waals surface area contributed by atoms with Gasteiger partial charge in [0.15, 0.2) is 0 Å². The lowest BCUT2D eigenvalue weighted by Gasteiger charge is -2.33. The summed E-state index contributed by atoms with van der Waals surface area (Å²) in [7, 11) is 0. The second kappa shape index (κ2) is 6.03. The highest BCUT2D eigenvalue weighted by atomic mass is 19.1. The van der Waals surface area contributed by atoms with Crippen molar-refractivity contribution in [2.45, 2.75) is 25.3 Å². The number of benzene rings is 1. The zero-order valence-corrected chi connectivity index (χ0v) is 13.2. The summed E-state index contributed by atoms with van der Waals surface area (Å²) in [5.41, 5.74) is -0.674. The van der Waals surface area contributed by atoms with Crippen molar-refractivity contribution in [2.24, 2.45) is 0 Å². The first-order chi connectivity index (χ1) is 11.4. The Morgan fingerprint density at radius 3 is 2.46 bits per heavy atom. The molecular weight excluding hydrogens is 315 g/mol. The summed E-state index contributed by atoms with van der Waals surface area (Å²) >= 11 is 0. The molecule has 0 radical (unpaired) electrons. The minimum Gasteiger partial charge on any atom is -0.358 e. The molecule has 1 atom stereocenters. The van der Waals surface area contributed by atoms with Crippen LogP contribution in [0.5, 0.6) is 0 Å². The second-order valence-electron chi connectivity index (χ2n) is 5.97. The molecule has 2 aromatic rings. The van der Waals surface area contributed by atoms with Crippen LogP contribution in [0.25, 0.3) is 0 Å². The van der Waals surface area contributed by atoms with Crippen LogP contribution in [-0.2, 0) is 10.3 Å². The first kappa shape index (κ1) is 16.1. The molecule has 8 heteroatoms. The van der Waals surface area contributed by atoms with Gasteiger partial charge in [-0.05, 0) is 47.4 Å². The molecule has 1 aromatic carbocycles. The highest BCUT2D eigenvalue weighted by molar-refractivity contribution is 5.88. The fourth-order valence-electron chi connectivity index (χ4n) is 3.04. The van der Waals surface area contributed by atoms with Crippen molar-refractivity contribution in [1.29, 1.82) is 0 Å². The fraction of sp³-hybridized carbons (Fsp3) is 0.375. The Balaban J connectivity index is 2.09. The van der Waals surface area contributed by atoms with Crippen LogP contribution in [-0.4, -0.2) is 38.4 Å². The molecule has 1 saturated heterocycles. The van der Waals surface area contributed by atoms with Gasteiger partial charge in [0, 0.05) is 13.1 Å². The molecule has 0 N–H and O–H groups in total. The Kier molecular flexibility index (Phi) is 4.04. The lowest BCUT2D eigenvalue weighted by atomic mass is 9.90. The molecule has 0 aliphatic carbocycles. The van der Waals surface area contributed by atoms with Crippen LogP contribution in [0.15, 0.2) is 36.8 Å². The number of amides is 1. The summed E-state index contributed by atoms with van der Waals surface area (Å²) in [4.78, 5) is 29.0. The van der Waals surface area contributed by atoms with Crippen LogP contribution in [0.1, 0.15) is 25.3 Å². The predicted octanol–water partition coefficient (Wildman–Crippen LogP) is 2.32. The number of aromatic nitrogens is 2. The maximum absolute atomic E-state index is 13.3. The number of hydrogen-bond donors (Lipinski definition) is 0. The number of imidazole rings is 1. The monoisotopic (exact) mass is 332 g/mol. The van der Waals surface area contributed by atoms with Crippen molar-refractivity contribution in [1.82, 2.24) is 14.5 Å². The number of nitrogens with zero attached hydrogens (tertiary/aromatic N) is 4. The van der Waals surface area contributed by atoms with E-state index in [0.29, 0.717) is 18.7 Å². The standard InChI is InChI=1S/C16H17FN4O3/c1-16(12-4-6-13(17)7-5-12,15(22)19-8-2-3-9-19)20-10-14(18-11-20)21(23)24/h4-7,10-11H,2-3,8-9H2,1H3. The third-order valence-electron chi connectivity index (χ3n) is 4.49. The minimum absolute atomic E-state index is 0.182. The van der Waals surface area contributed by atoms with E-state index in [1.807, 2.05) is 0 Å². The van der Waals surface area contributed by atoms with Gasteiger partial charge in [-0.2, -0.15) is 0 Å². The van der Waals surface area contributed by atoms with Crippen LogP contribution in [0, 0.1) is 15.9 Å². The molecule has 1 aromatic heterocycles. The summed E-state index contributed by atoms with van der Waals surface area (Å²) < 4.78 is 14.7. The van der Waals surface area contributed by atoms with Gasteiger partial charge in [-0.15, -0.1) is 0 Å². The van der Waals surface area contributed by atoms with Gasteiger partial charge in [-0.25, -0.2) is 4.39 Å². The van der Waals surface area contributed by atoms with E-state index in [0.717, 1.165) is 12.8 Å². The molecule has 1 fully saturated rings. The third kappa shape index (κ3) is 2.64. The summed E-state index contributed by atoms with van der Waals surface area (Å²) in [5.74, 6) is -0.928. The molecule has 3 rings (SSSR count). The summed E-state index contributed by atoms with van der Waals surface area (Å²) in [6.45, 7) is 2.96. The summed E-state index contributed by atoms with van der Waals surface area (Å²) in [6.07, 6.45) is 4.36. The Bertz CT molecular complexity index is 768. The van der Waals surface area contributed by atoms with Gasteiger partial charge in [-0.3, -0.25) is 9.36 Å². The molecule has 1 unspecified atom stereocenters. The van der Waals surface area contributed by atoms with Crippen LogP contribution in [0.2, 0.25) is 0 Å². The van der Waals surface area contributed by atoms with Gasteiger partial charge < -0.3 is 15.0 Å². The van der Waals surface area contributed by atoms with E-state index < -0.39 is 16.3 Å². The molecule has 7 nitrogen and oxygen atoms in total. The van der Waals surface area contributed by atoms with E-state index >= 15 is 0 Å². The number of carbonyl (C=O) groups excluding carboxylic acids is 1. The second-order valence-corrected chi connectivity index (χ2v) is 5.97. The molecule has 2 heterocycles. The number of nitro groups is 1. The number of halogens is 1. The van der Waals surface area contributed by atoms with E-state index in [-0.39, 0.29) is 11.7 Å². The summed E-state index contributed by atoms with van der Waals surface area (Å²) in [6, 6.07) is 5.59. The molecule has 0 spiro atoms. The van der Waals surface area contributed by atoms with Crippen molar-refractivity contribution in [3.05, 3.63) is 58.3 Å². The van der Waals surface area contributed by atoms with Gasteiger partial charge >= 0.3 is 5.82 Å². The third-order valence-corrected chi connectivity index (χ3v) is 4.49. The Morgan fingerprint density at radius 1 is 1.29 bits per heavy atom. The van der Waals surface area contributed by atoms with Crippen molar-refractivity contribution >= 4 is 11.7 Å². The Morgan fingerprint density at radius 2 is 1.92 bits per heavy atom. The van der Waals surface area contributed by atoms with E-state index in [9.17, 15) is 19.3 Å². The molecule has 1 amide bonds. The Labute approximate surface area is 137 Å². The number of likely N-dealkylation sites (tertiary alicyclic amines) is 1. The molecule has 0 bridgehead atoms. The average molecular weight is 332 g/mol. The minimum atomic E-state index is -1.22. The first-order valence-electron chi connectivity index (χ1n) is 7.67. The molecule has 126 valence electrons. The molecule has 0 saturated carbocycles. The van der Waals surface area contributed by atoms with E-state index in [2.05, 4.69) is 4.98 Å². The highest BCUT2D eigenvalue weighted by Gasteiger charge is 2.42.